The monoisotopic (exact) mass is 353 g/mol. The molecular weight excluding hydrogens is 334 g/mol. The second kappa shape index (κ2) is 7.98. The Balaban J connectivity index is 2.71. The molecule has 1 aromatic rings. The average molecular weight is 354 g/mol. The topological polar surface area (TPSA) is 66.4 Å². The van der Waals surface area contributed by atoms with Crippen LogP contribution in [0.2, 0.25) is 0 Å². The lowest BCUT2D eigenvalue weighted by molar-refractivity contribution is -0.138. The van der Waals surface area contributed by atoms with Crippen molar-refractivity contribution in [1.82, 2.24) is 5.32 Å². The fourth-order valence-electron chi connectivity index (χ4n) is 1.81. The molecule has 1 amide bonds. The SMILES string of the molecule is Cc1ccc(/C=C/C(=O)NC(CC(=O)O)C(C)C)c(Br)c1. The highest BCUT2D eigenvalue weighted by Crippen LogP contribution is 2.19. The standard InChI is InChI=1S/C16H20BrNO3/c1-10(2)14(9-16(20)21)18-15(19)7-6-12-5-4-11(3)8-13(12)17/h4-8,10,14H,9H2,1-3H3,(H,18,19)(H,20,21)/b7-6+. The Kier molecular flexibility index (Phi) is 6.62. The van der Waals surface area contributed by atoms with Crippen molar-refractivity contribution in [2.45, 2.75) is 33.2 Å². The minimum atomic E-state index is -0.917. The Hall–Kier alpha value is -1.62. The molecule has 0 saturated heterocycles. The molecule has 0 heterocycles. The molecule has 1 aromatic carbocycles. The van der Waals surface area contributed by atoms with Gasteiger partial charge in [0.2, 0.25) is 5.91 Å². The van der Waals surface area contributed by atoms with Gasteiger partial charge in [0.05, 0.1) is 6.42 Å². The van der Waals surface area contributed by atoms with Gasteiger partial charge in [0.15, 0.2) is 0 Å². The van der Waals surface area contributed by atoms with Crippen molar-refractivity contribution in [2.24, 2.45) is 5.92 Å². The van der Waals surface area contributed by atoms with Crippen LogP contribution in [0, 0.1) is 12.8 Å². The molecule has 2 N–H and O–H groups in total. The van der Waals surface area contributed by atoms with Crippen LogP contribution in [-0.2, 0) is 9.59 Å². The van der Waals surface area contributed by atoms with Crippen LogP contribution in [0.15, 0.2) is 28.7 Å². The first-order chi connectivity index (χ1) is 9.79. The molecule has 1 rings (SSSR count). The van der Waals surface area contributed by atoms with E-state index in [1.54, 1.807) is 6.08 Å². The molecule has 0 radical (unpaired) electrons. The summed E-state index contributed by atoms with van der Waals surface area (Å²) >= 11 is 3.44. The van der Waals surface area contributed by atoms with E-state index in [4.69, 9.17) is 5.11 Å². The molecule has 1 unspecified atom stereocenters. The maximum absolute atomic E-state index is 11.9. The summed E-state index contributed by atoms with van der Waals surface area (Å²) in [7, 11) is 0. The van der Waals surface area contributed by atoms with E-state index in [1.165, 1.54) is 6.08 Å². The highest BCUT2D eigenvalue weighted by atomic mass is 79.9. The predicted molar refractivity (Wildman–Crippen MR) is 86.9 cm³/mol. The molecule has 4 nitrogen and oxygen atoms in total. The second-order valence-corrected chi connectivity index (χ2v) is 6.17. The Bertz CT molecular complexity index is 552. The second-order valence-electron chi connectivity index (χ2n) is 5.32. The zero-order chi connectivity index (χ0) is 16.0. The molecule has 0 spiro atoms. The molecule has 21 heavy (non-hydrogen) atoms. The molecule has 0 aliphatic rings. The Morgan fingerprint density at radius 3 is 2.57 bits per heavy atom. The number of hydrogen-bond donors (Lipinski definition) is 2. The summed E-state index contributed by atoms with van der Waals surface area (Å²) in [5, 5.41) is 11.6. The number of carbonyl (C=O) groups is 2. The third-order valence-electron chi connectivity index (χ3n) is 3.10. The summed E-state index contributed by atoms with van der Waals surface area (Å²) in [4.78, 5) is 22.7. The van der Waals surface area contributed by atoms with E-state index < -0.39 is 5.97 Å². The molecule has 0 fully saturated rings. The van der Waals surface area contributed by atoms with Crippen LogP contribution in [0.4, 0.5) is 0 Å². The van der Waals surface area contributed by atoms with E-state index in [0.29, 0.717) is 0 Å². The summed E-state index contributed by atoms with van der Waals surface area (Å²) in [5.74, 6) is -1.15. The summed E-state index contributed by atoms with van der Waals surface area (Å²) in [6.45, 7) is 5.76. The lowest BCUT2D eigenvalue weighted by Gasteiger charge is -2.19. The Morgan fingerprint density at radius 2 is 2.05 bits per heavy atom. The van der Waals surface area contributed by atoms with Crippen LogP contribution in [0.3, 0.4) is 0 Å². The summed E-state index contributed by atoms with van der Waals surface area (Å²) in [5.41, 5.74) is 2.03. The van der Waals surface area contributed by atoms with Crippen LogP contribution in [0.1, 0.15) is 31.4 Å². The quantitative estimate of drug-likeness (QED) is 0.770. The van der Waals surface area contributed by atoms with Gasteiger partial charge in [-0.3, -0.25) is 9.59 Å². The number of carboxylic acids is 1. The number of aryl methyl sites for hydroxylation is 1. The van der Waals surface area contributed by atoms with Crippen molar-refractivity contribution in [3.63, 3.8) is 0 Å². The zero-order valence-electron chi connectivity index (χ0n) is 12.4. The van der Waals surface area contributed by atoms with Gasteiger partial charge in [-0.25, -0.2) is 0 Å². The summed E-state index contributed by atoms with van der Waals surface area (Å²) in [6, 6.07) is 5.48. The molecule has 114 valence electrons. The van der Waals surface area contributed by atoms with Gasteiger partial charge in [-0.15, -0.1) is 0 Å². The molecule has 0 saturated carbocycles. The van der Waals surface area contributed by atoms with Gasteiger partial charge in [-0.2, -0.15) is 0 Å². The third kappa shape index (κ3) is 6.12. The van der Waals surface area contributed by atoms with E-state index in [2.05, 4.69) is 21.2 Å². The Morgan fingerprint density at radius 1 is 1.38 bits per heavy atom. The largest absolute Gasteiger partial charge is 0.481 e. The van der Waals surface area contributed by atoms with Crippen molar-refractivity contribution >= 4 is 33.9 Å². The smallest absolute Gasteiger partial charge is 0.305 e. The van der Waals surface area contributed by atoms with E-state index in [1.807, 2.05) is 39.0 Å². The van der Waals surface area contributed by atoms with E-state index in [-0.39, 0.29) is 24.3 Å². The number of aliphatic carboxylic acids is 1. The maximum Gasteiger partial charge on any atom is 0.305 e. The molecule has 0 aliphatic carbocycles. The van der Waals surface area contributed by atoms with Crippen molar-refractivity contribution in [3.05, 3.63) is 39.9 Å². The van der Waals surface area contributed by atoms with Crippen LogP contribution < -0.4 is 5.32 Å². The molecule has 0 aromatic heterocycles. The fourth-order valence-corrected chi connectivity index (χ4v) is 2.43. The van der Waals surface area contributed by atoms with Gasteiger partial charge in [-0.1, -0.05) is 41.9 Å². The number of carboxylic acid groups (broad SMARTS) is 1. The van der Waals surface area contributed by atoms with Crippen molar-refractivity contribution in [1.29, 1.82) is 0 Å². The molecule has 0 bridgehead atoms. The maximum atomic E-state index is 11.9. The number of rotatable bonds is 6. The van der Waals surface area contributed by atoms with Crippen molar-refractivity contribution in [2.75, 3.05) is 0 Å². The van der Waals surface area contributed by atoms with Crippen LogP contribution >= 0.6 is 15.9 Å². The van der Waals surface area contributed by atoms with Crippen molar-refractivity contribution in [3.8, 4) is 0 Å². The van der Waals surface area contributed by atoms with E-state index >= 15 is 0 Å². The summed E-state index contributed by atoms with van der Waals surface area (Å²) < 4.78 is 0.914. The normalized spacial score (nSPS) is 12.6. The molecule has 5 heteroatoms. The lowest BCUT2D eigenvalue weighted by Crippen LogP contribution is -2.39. The van der Waals surface area contributed by atoms with Crippen LogP contribution in [-0.4, -0.2) is 23.0 Å². The highest BCUT2D eigenvalue weighted by Gasteiger charge is 2.18. The minimum absolute atomic E-state index is 0.0598. The van der Waals surface area contributed by atoms with E-state index in [9.17, 15) is 9.59 Å². The van der Waals surface area contributed by atoms with Gasteiger partial charge >= 0.3 is 5.97 Å². The average Bonchev–Trinajstić information content (AvgIpc) is 2.36. The van der Waals surface area contributed by atoms with Crippen LogP contribution in [0.25, 0.3) is 6.08 Å². The predicted octanol–water partition coefficient (Wildman–Crippen LogP) is 3.39. The number of hydrogen-bond acceptors (Lipinski definition) is 2. The molecule has 0 aliphatic heterocycles. The van der Waals surface area contributed by atoms with Crippen LogP contribution in [0.5, 0.6) is 0 Å². The highest BCUT2D eigenvalue weighted by molar-refractivity contribution is 9.10. The van der Waals surface area contributed by atoms with Gasteiger partial charge in [0.1, 0.15) is 0 Å². The number of halogens is 1. The van der Waals surface area contributed by atoms with Gasteiger partial charge in [-0.05, 0) is 36.1 Å². The lowest BCUT2D eigenvalue weighted by atomic mass is 10.0. The van der Waals surface area contributed by atoms with E-state index in [0.717, 1.165) is 15.6 Å². The van der Waals surface area contributed by atoms with Crippen molar-refractivity contribution < 1.29 is 14.7 Å². The molecular formula is C16H20BrNO3. The summed E-state index contributed by atoms with van der Waals surface area (Å²) in [6.07, 6.45) is 3.05. The fraction of sp³-hybridized carbons (Fsp3) is 0.375. The van der Waals surface area contributed by atoms with Gasteiger partial charge < -0.3 is 10.4 Å². The number of amides is 1. The molecule has 1 atom stereocenters. The zero-order valence-corrected chi connectivity index (χ0v) is 14.0. The third-order valence-corrected chi connectivity index (χ3v) is 3.78. The minimum Gasteiger partial charge on any atom is -0.481 e. The first-order valence-electron chi connectivity index (χ1n) is 6.76. The first-order valence-corrected chi connectivity index (χ1v) is 7.55. The first kappa shape index (κ1) is 17.4. The van der Waals surface area contributed by atoms with Gasteiger partial charge in [0.25, 0.3) is 0 Å². The van der Waals surface area contributed by atoms with Gasteiger partial charge in [0, 0.05) is 16.6 Å². The number of benzene rings is 1. The number of carbonyl (C=O) groups excluding carboxylic acids is 1. The number of nitrogens with one attached hydrogen (secondary N) is 1. The Labute approximate surface area is 133 Å².